The van der Waals surface area contributed by atoms with Crippen LogP contribution in [0.3, 0.4) is 0 Å². The quantitative estimate of drug-likeness (QED) is 0.426. The summed E-state index contributed by atoms with van der Waals surface area (Å²) in [6, 6.07) is 11.5. The van der Waals surface area contributed by atoms with Gasteiger partial charge in [-0.15, -0.1) is 0 Å². The van der Waals surface area contributed by atoms with Gasteiger partial charge in [0.05, 0.1) is 16.9 Å². The average molecular weight is 439 g/mol. The molecule has 8 heteroatoms. The van der Waals surface area contributed by atoms with E-state index < -0.39 is 11.7 Å². The Morgan fingerprint density at radius 1 is 1.09 bits per heavy atom. The minimum atomic E-state index is -4.37. The highest BCUT2D eigenvalue weighted by molar-refractivity contribution is 5.49. The van der Waals surface area contributed by atoms with E-state index in [4.69, 9.17) is 9.72 Å². The van der Waals surface area contributed by atoms with Crippen molar-refractivity contribution in [3.63, 3.8) is 0 Å². The van der Waals surface area contributed by atoms with Crippen molar-refractivity contribution in [2.45, 2.75) is 38.5 Å². The minimum absolute atomic E-state index is 0.0612. The molecule has 1 aromatic carbocycles. The molecule has 164 valence electrons. The molecule has 0 N–H and O–H groups in total. The van der Waals surface area contributed by atoms with Gasteiger partial charge in [-0.05, 0) is 55.7 Å². The molecule has 5 rings (SSSR count). The van der Waals surface area contributed by atoms with Crippen LogP contribution < -0.4 is 10.3 Å². The Morgan fingerprint density at radius 2 is 1.84 bits per heavy atom. The number of hydrogen-bond donors (Lipinski definition) is 0. The van der Waals surface area contributed by atoms with E-state index in [-0.39, 0.29) is 12.2 Å². The topological polar surface area (TPSA) is 48.5 Å². The fourth-order valence-electron chi connectivity index (χ4n) is 3.78. The van der Waals surface area contributed by atoms with E-state index in [1.54, 1.807) is 12.3 Å². The smallest absolute Gasteiger partial charge is 0.416 e. The van der Waals surface area contributed by atoms with Gasteiger partial charge >= 0.3 is 6.18 Å². The Kier molecular flexibility index (Phi) is 4.80. The lowest BCUT2D eigenvalue weighted by atomic mass is 10.1. The molecule has 1 aliphatic carbocycles. The molecular formula is C24H20F3N3O2. The second kappa shape index (κ2) is 7.55. The molecule has 0 bridgehead atoms. The predicted octanol–water partition coefficient (Wildman–Crippen LogP) is 5.27. The molecule has 0 aliphatic heterocycles. The van der Waals surface area contributed by atoms with Gasteiger partial charge in [-0.3, -0.25) is 9.36 Å². The van der Waals surface area contributed by atoms with Gasteiger partial charge < -0.3 is 9.14 Å². The maximum Gasteiger partial charge on any atom is 0.416 e. The molecule has 3 heterocycles. The lowest BCUT2D eigenvalue weighted by Crippen LogP contribution is -2.17. The van der Waals surface area contributed by atoms with E-state index >= 15 is 0 Å². The van der Waals surface area contributed by atoms with Crippen molar-refractivity contribution in [1.29, 1.82) is 0 Å². The zero-order valence-corrected chi connectivity index (χ0v) is 17.3. The van der Waals surface area contributed by atoms with Crippen LogP contribution >= 0.6 is 0 Å². The molecule has 0 spiro atoms. The number of nitrogens with zero attached hydrogens (tertiary/aromatic N) is 3. The number of pyridine rings is 2. The van der Waals surface area contributed by atoms with Crippen molar-refractivity contribution in [3.05, 3.63) is 93.8 Å². The number of ether oxygens (including phenoxy) is 1. The minimum Gasteiger partial charge on any atom is -0.489 e. The van der Waals surface area contributed by atoms with E-state index in [0.29, 0.717) is 22.9 Å². The number of benzene rings is 1. The van der Waals surface area contributed by atoms with E-state index in [1.165, 1.54) is 35.6 Å². The lowest BCUT2D eigenvalue weighted by Gasteiger charge is -2.11. The fourth-order valence-corrected chi connectivity index (χ4v) is 3.78. The van der Waals surface area contributed by atoms with Gasteiger partial charge in [0.15, 0.2) is 0 Å². The third kappa shape index (κ3) is 3.88. The van der Waals surface area contributed by atoms with Crippen LogP contribution in [0.2, 0.25) is 0 Å². The molecule has 1 aliphatic rings. The van der Waals surface area contributed by atoms with Gasteiger partial charge in [0.2, 0.25) is 0 Å². The van der Waals surface area contributed by atoms with Crippen LogP contribution in [0.5, 0.6) is 5.75 Å². The highest BCUT2D eigenvalue weighted by atomic mass is 19.4. The van der Waals surface area contributed by atoms with Crippen LogP contribution in [0, 0.1) is 6.92 Å². The molecule has 0 unspecified atom stereocenters. The summed E-state index contributed by atoms with van der Waals surface area (Å²) in [5, 5.41) is 0. The number of aryl methyl sites for hydroxylation is 1. The van der Waals surface area contributed by atoms with Crippen molar-refractivity contribution < 1.29 is 17.9 Å². The van der Waals surface area contributed by atoms with Gasteiger partial charge in [0.1, 0.15) is 18.0 Å². The maximum atomic E-state index is 12.7. The summed E-state index contributed by atoms with van der Waals surface area (Å²) < 4.78 is 47.1. The van der Waals surface area contributed by atoms with E-state index in [1.807, 2.05) is 29.7 Å². The zero-order valence-electron chi connectivity index (χ0n) is 17.3. The summed E-state index contributed by atoms with van der Waals surface area (Å²) in [5.41, 5.74) is 3.38. The van der Waals surface area contributed by atoms with Gasteiger partial charge in [0, 0.05) is 30.1 Å². The van der Waals surface area contributed by atoms with Gasteiger partial charge in [-0.1, -0.05) is 12.1 Å². The van der Waals surface area contributed by atoms with E-state index in [9.17, 15) is 18.0 Å². The number of fused-ring (bicyclic) bond motifs is 1. The number of aromatic nitrogens is 3. The van der Waals surface area contributed by atoms with Crippen molar-refractivity contribution in [3.8, 4) is 11.4 Å². The van der Waals surface area contributed by atoms with Gasteiger partial charge in [-0.25, -0.2) is 4.98 Å². The Labute approximate surface area is 181 Å². The number of hydrogen-bond acceptors (Lipinski definition) is 3. The highest BCUT2D eigenvalue weighted by Gasteiger charge is 2.30. The molecule has 0 saturated heterocycles. The summed E-state index contributed by atoms with van der Waals surface area (Å²) in [6.45, 7) is 2.10. The molecule has 0 radical (unpaired) electrons. The first-order chi connectivity index (χ1) is 15.3. The molecule has 5 nitrogen and oxygen atoms in total. The normalized spacial score (nSPS) is 14.1. The Balaban J connectivity index is 1.34. The molecule has 1 saturated carbocycles. The number of alkyl halides is 3. The van der Waals surface area contributed by atoms with Crippen LogP contribution in [0.1, 0.15) is 41.3 Å². The monoisotopic (exact) mass is 439 g/mol. The summed E-state index contributed by atoms with van der Waals surface area (Å²) in [6.07, 6.45) is 1.49. The van der Waals surface area contributed by atoms with Crippen LogP contribution in [-0.2, 0) is 12.8 Å². The van der Waals surface area contributed by atoms with Crippen LogP contribution in [-0.4, -0.2) is 14.0 Å². The van der Waals surface area contributed by atoms with Crippen molar-refractivity contribution >= 4 is 5.65 Å². The SMILES string of the molecule is Cc1c(C2CC2)nc2ccc(-n3ccc(OCc4ccc(C(F)(F)F)cc4)cc3=O)cn12. The highest BCUT2D eigenvalue weighted by Crippen LogP contribution is 2.41. The van der Waals surface area contributed by atoms with Crippen LogP contribution in [0.15, 0.2) is 65.7 Å². The largest absolute Gasteiger partial charge is 0.489 e. The standard InChI is InChI=1S/C24H20F3N3O2/c1-15-23(17-4-5-17)28-21-9-8-19(13-30(15)21)29-11-10-20(12-22(29)31)32-14-16-2-6-18(7-3-16)24(25,26)27/h2-3,6-13,17H,4-5,14H2,1H3. The van der Waals surface area contributed by atoms with Crippen molar-refractivity contribution in [1.82, 2.24) is 14.0 Å². The summed E-state index contributed by atoms with van der Waals surface area (Å²) in [4.78, 5) is 17.4. The van der Waals surface area contributed by atoms with Crippen molar-refractivity contribution in [2.24, 2.45) is 0 Å². The van der Waals surface area contributed by atoms with Crippen molar-refractivity contribution in [2.75, 3.05) is 0 Å². The Bertz CT molecular complexity index is 1350. The third-order valence-electron chi connectivity index (χ3n) is 5.70. The first kappa shape index (κ1) is 20.4. The molecule has 1 fully saturated rings. The molecular weight excluding hydrogens is 419 g/mol. The van der Waals surface area contributed by atoms with Gasteiger partial charge in [0.25, 0.3) is 5.56 Å². The second-order valence-electron chi connectivity index (χ2n) is 8.03. The van der Waals surface area contributed by atoms with Gasteiger partial charge in [-0.2, -0.15) is 13.2 Å². The molecule has 3 aromatic heterocycles. The Hall–Kier alpha value is -3.55. The van der Waals surface area contributed by atoms with Crippen LogP contribution in [0.4, 0.5) is 13.2 Å². The number of rotatable bonds is 5. The Morgan fingerprint density at radius 3 is 2.50 bits per heavy atom. The number of halogens is 3. The molecule has 0 amide bonds. The summed E-state index contributed by atoms with van der Waals surface area (Å²) in [7, 11) is 0. The zero-order chi connectivity index (χ0) is 22.5. The second-order valence-corrected chi connectivity index (χ2v) is 8.03. The summed E-state index contributed by atoms with van der Waals surface area (Å²) >= 11 is 0. The lowest BCUT2D eigenvalue weighted by molar-refractivity contribution is -0.137. The maximum absolute atomic E-state index is 12.7. The first-order valence-corrected chi connectivity index (χ1v) is 10.3. The van der Waals surface area contributed by atoms with E-state index in [2.05, 4.69) is 0 Å². The summed E-state index contributed by atoms with van der Waals surface area (Å²) in [5.74, 6) is 0.893. The molecule has 32 heavy (non-hydrogen) atoms. The average Bonchev–Trinajstić information content (AvgIpc) is 3.56. The first-order valence-electron chi connectivity index (χ1n) is 10.3. The molecule has 0 atom stereocenters. The third-order valence-corrected chi connectivity index (χ3v) is 5.70. The van der Waals surface area contributed by atoms with Crippen LogP contribution in [0.25, 0.3) is 11.3 Å². The predicted molar refractivity (Wildman–Crippen MR) is 113 cm³/mol. The van der Waals surface area contributed by atoms with E-state index in [0.717, 1.165) is 29.2 Å². The molecule has 4 aromatic rings. The number of imidazole rings is 1. The fraction of sp³-hybridized carbons (Fsp3) is 0.250.